The standard InChI is InChI=1S/C19H29N3O2/c1-3-13-24-16-7-11-22(12-8-16)19(23)17-14-15(6-9-20-17)18-5-4-10-21(18)2/h6,9,14,16,18H,3-5,7-8,10-13H2,1-2H3/t18-/m1/s1. The number of carbonyl (C=O) groups excluding carboxylic acids is 1. The molecule has 0 unspecified atom stereocenters. The maximum atomic E-state index is 12.8. The Morgan fingerprint density at radius 3 is 2.75 bits per heavy atom. The Kier molecular flexibility index (Phi) is 5.85. The maximum Gasteiger partial charge on any atom is 0.272 e. The molecule has 2 fully saturated rings. The number of nitrogens with zero attached hydrogens (tertiary/aromatic N) is 3. The summed E-state index contributed by atoms with van der Waals surface area (Å²) in [6.45, 7) is 5.60. The molecular weight excluding hydrogens is 302 g/mol. The first kappa shape index (κ1) is 17.4. The monoisotopic (exact) mass is 331 g/mol. The lowest BCUT2D eigenvalue weighted by Crippen LogP contribution is -2.41. The SMILES string of the molecule is CCCOC1CCN(C(=O)c2cc([C@H]3CCCN3C)ccn2)CC1. The Labute approximate surface area is 145 Å². The van der Waals surface area contributed by atoms with Crippen LogP contribution >= 0.6 is 0 Å². The minimum atomic E-state index is 0.0615. The second kappa shape index (κ2) is 8.08. The quantitative estimate of drug-likeness (QED) is 0.832. The van der Waals surface area contributed by atoms with Gasteiger partial charge >= 0.3 is 0 Å². The van der Waals surface area contributed by atoms with Crippen molar-refractivity contribution in [2.75, 3.05) is 33.3 Å². The molecule has 2 aliphatic rings. The molecule has 0 aliphatic carbocycles. The molecule has 1 aromatic heterocycles. The smallest absolute Gasteiger partial charge is 0.272 e. The minimum absolute atomic E-state index is 0.0615. The zero-order chi connectivity index (χ0) is 16.9. The maximum absolute atomic E-state index is 12.8. The number of amides is 1. The van der Waals surface area contributed by atoms with E-state index in [2.05, 4.69) is 23.9 Å². The average Bonchev–Trinajstić information content (AvgIpc) is 3.06. The van der Waals surface area contributed by atoms with Gasteiger partial charge < -0.3 is 9.64 Å². The van der Waals surface area contributed by atoms with E-state index >= 15 is 0 Å². The molecule has 5 nitrogen and oxygen atoms in total. The first-order valence-corrected chi connectivity index (χ1v) is 9.26. The van der Waals surface area contributed by atoms with Gasteiger partial charge in [-0.3, -0.25) is 14.7 Å². The molecule has 1 amide bonds. The highest BCUT2D eigenvalue weighted by atomic mass is 16.5. The fourth-order valence-corrected chi connectivity index (χ4v) is 3.77. The van der Waals surface area contributed by atoms with Gasteiger partial charge in [0.1, 0.15) is 5.69 Å². The molecule has 132 valence electrons. The van der Waals surface area contributed by atoms with Crippen LogP contribution in [0, 0.1) is 0 Å². The molecule has 0 aromatic carbocycles. The normalized spacial score (nSPS) is 22.9. The van der Waals surface area contributed by atoms with Crippen LogP contribution in [0.25, 0.3) is 0 Å². The third kappa shape index (κ3) is 3.95. The highest BCUT2D eigenvalue weighted by Gasteiger charge is 2.27. The van der Waals surface area contributed by atoms with Gasteiger partial charge in [0, 0.05) is 31.9 Å². The summed E-state index contributed by atoms with van der Waals surface area (Å²) in [7, 11) is 2.15. The minimum Gasteiger partial charge on any atom is -0.378 e. The van der Waals surface area contributed by atoms with Crippen molar-refractivity contribution in [2.45, 2.75) is 51.2 Å². The topological polar surface area (TPSA) is 45.7 Å². The van der Waals surface area contributed by atoms with Crippen LogP contribution in [0.5, 0.6) is 0 Å². The zero-order valence-corrected chi connectivity index (χ0v) is 14.9. The zero-order valence-electron chi connectivity index (χ0n) is 14.9. The summed E-state index contributed by atoms with van der Waals surface area (Å²) in [5, 5.41) is 0. The van der Waals surface area contributed by atoms with Crippen LogP contribution in [-0.2, 0) is 4.74 Å². The summed E-state index contributed by atoms with van der Waals surface area (Å²) >= 11 is 0. The second-order valence-electron chi connectivity index (χ2n) is 6.98. The Morgan fingerprint density at radius 2 is 2.08 bits per heavy atom. The largest absolute Gasteiger partial charge is 0.378 e. The molecule has 5 heteroatoms. The predicted molar refractivity (Wildman–Crippen MR) is 94.0 cm³/mol. The number of ether oxygens (including phenoxy) is 1. The Bertz CT molecular complexity index is 555. The number of pyridine rings is 1. The van der Waals surface area contributed by atoms with E-state index in [-0.39, 0.29) is 5.91 Å². The van der Waals surface area contributed by atoms with Gasteiger partial charge in [0.15, 0.2) is 0 Å². The van der Waals surface area contributed by atoms with Crippen LogP contribution in [0.15, 0.2) is 18.3 Å². The molecule has 0 saturated carbocycles. The van der Waals surface area contributed by atoms with Crippen molar-refractivity contribution >= 4 is 5.91 Å². The second-order valence-corrected chi connectivity index (χ2v) is 6.98. The summed E-state index contributed by atoms with van der Waals surface area (Å²) in [6.07, 6.45) is 7.37. The first-order valence-electron chi connectivity index (χ1n) is 9.26. The number of hydrogen-bond acceptors (Lipinski definition) is 4. The van der Waals surface area contributed by atoms with E-state index in [4.69, 9.17) is 4.74 Å². The van der Waals surface area contributed by atoms with Crippen LogP contribution in [0.4, 0.5) is 0 Å². The van der Waals surface area contributed by atoms with Gasteiger partial charge in [-0.1, -0.05) is 6.92 Å². The number of carbonyl (C=O) groups is 1. The van der Waals surface area contributed by atoms with Crippen LogP contribution in [0.1, 0.15) is 61.1 Å². The van der Waals surface area contributed by atoms with Crippen molar-refractivity contribution in [2.24, 2.45) is 0 Å². The average molecular weight is 331 g/mol. The summed E-state index contributed by atoms with van der Waals surface area (Å²) in [5.41, 5.74) is 1.80. The fraction of sp³-hybridized carbons (Fsp3) is 0.684. The number of piperidine rings is 1. The van der Waals surface area contributed by atoms with Crippen molar-refractivity contribution in [3.05, 3.63) is 29.6 Å². The van der Waals surface area contributed by atoms with Gasteiger partial charge in [-0.05, 0) is 63.4 Å². The van der Waals surface area contributed by atoms with Gasteiger partial charge in [0.2, 0.25) is 0 Å². The van der Waals surface area contributed by atoms with Crippen molar-refractivity contribution < 1.29 is 9.53 Å². The summed E-state index contributed by atoms with van der Waals surface area (Å²) in [4.78, 5) is 21.4. The Balaban J connectivity index is 1.61. The molecule has 0 spiro atoms. The van der Waals surface area contributed by atoms with E-state index in [0.29, 0.717) is 17.8 Å². The van der Waals surface area contributed by atoms with E-state index < -0.39 is 0 Å². The molecule has 0 N–H and O–H groups in total. The molecule has 2 aliphatic heterocycles. The van der Waals surface area contributed by atoms with Gasteiger partial charge in [-0.2, -0.15) is 0 Å². The summed E-state index contributed by atoms with van der Waals surface area (Å²) in [5.74, 6) is 0.0615. The highest BCUT2D eigenvalue weighted by Crippen LogP contribution is 2.30. The van der Waals surface area contributed by atoms with E-state index in [0.717, 1.165) is 51.9 Å². The predicted octanol–water partition coefficient (Wildman–Crippen LogP) is 2.88. The van der Waals surface area contributed by atoms with Crippen LogP contribution in [0.2, 0.25) is 0 Å². The van der Waals surface area contributed by atoms with Crippen LogP contribution in [-0.4, -0.2) is 60.1 Å². The lowest BCUT2D eigenvalue weighted by Gasteiger charge is -2.32. The Hall–Kier alpha value is -1.46. The number of likely N-dealkylation sites (tertiary alicyclic amines) is 2. The van der Waals surface area contributed by atoms with E-state index in [1.54, 1.807) is 6.20 Å². The van der Waals surface area contributed by atoms with Crippen molar-refractivity contribution in [1.82, 2.24) is 14.8 Å². The third-order valence-corrected chi connectivity index (χ3v) is 5.20. The lowest BCUT2D eigenvalue weighted by molar-refractivity contribution is 0.00884. The third-order valence-electron chi connectivity index (χ3n) is 5.20. The lowest BCUT2D eigenvalue weighted by atomic mass is 10.0. The van der Waals surface area contributed by atoms with Gasteiger partial charge in [0.25, 0.3) is 5.91 Å². The van der Waals surface area contributed by atoms with Gasteiger partial charge in [-0.25, -0.2) is 0 Å². The molecule has 1 aromatic rings. The molecule has 0 bridgehead atoms. The summed E-state index contributed by atoms with van der Waals surface area (Å²) in [6, 6.07) is 4.47. The molecule has 3 heterocycles. The number of rotatable bonds is 5. The van der Waals surface area contributed by atoms with Crippen molar-refractivity contribution in [3.8, 4) is 0 Å². The first-order chi connectivity index (χ1) is 11.7. The van der Waals surface area contributed by atoms with Crippen molar-refractivity contribution in [3.63, 3.8) is 0 Å². The fourth-order valence-electron chi connectivity index (χ4n) is 3.77. The van der Waals surface area contributed by atoms with E-state index in [1.807, 2.05) is 17.0 Å². The van der Waals surface area contributed by atoms with Crippen LogP contribution in [0.3, 0.4) is 0 Å². The molecule has 0 radical (unpaired) electrons. The number of aromatic nitrogens is 1. The Morgan fingerprint density at radius 1 is 1.29 bits per heavy atom. The number of hydrogen-bond donors (Lipinski definition) is 0. The molecular formula is C19H29N3O2. The van der Waals surface area contributed by atoms with E-state index in [9.17, 15) is 4.79 Å². The van der Waals surface area contributed by atoms with Gasteiger partial charge in [0.05, 0.1) is 6.10 Å². The molecule has 1 atom stereocenters. The van der Waals surface area contributed by atoms with Crippen molar-refractivity contribution in [1.29, 1.82) is 0 Å². The summed E-state index contributed by atoms with van der Waals surface area (Å²) < 4.78 is 5.81. The molecule has 2 saturated heterocycles. The highest BCUT2D eigenvalue weighted by molar-refractivity contribution is 5.92. The van der Waals surface area contributed by atoms with E-state index in [1.165, 1.54) is 12.0 Å². The molecule has 3 rings (SSSR count). The van der Waals surface area contributed by atoms with Crippen LogP contribution < -0.4 is 0 Å². The molecule has 24 heavy (non-hydrogen) atoms. The van der Waals surface area contributed by atoms with Gasteiger partial charge in [-0.15, -0.1) is 0 Å².